The number of hydrogen-bond donors (Lipinski definition) is 1. The number of benzene rings is 3. The van der Waals surface area contributed by atoms with Crippen molar-refractivity contribution in [3.63, 3.8) is 0 Å². The van der Waals surface area contributed by atoms with Gasteiger partial charge in [0.25, 0.3) is 5.91 Å². The summed E-state index contributed by atoms with van der Waals surface area (Å²) >= 11 is 9.64. The Bertz CT molecular complexity index is 1100. The molecular formula is C22H15BrClFN2O2. The lowest BCUT2D eigenvalue weighted by Crippen LogP contribution is -2.39. The van der Waals surface area contributed by atoms with Gasteiger partial charge in [-0.3, -0.25) is 9.59 Å². The Morgan fingerprint density at radius 3 is 2.55 bits per heavy atom. The molecule has 0 saturated heterocycles. The highest BCUT2D eigenvalue weighted by Crippen LogP contribution is 2.38. The average Bonchev–Trinajstić information content (AvgIpc) is 2.84. The van der Waals surface area contributed by atoms with Gasteiger partial charge in [-0.2, -0.15) is 0 Å². The highest BCUT2D eigenvalue weighted by atomic mass is 79.9. The number of rotatable bonds is 2. The van der Waals surface area contributed by atoms with E-state index in [1.165, 1.54) is 17.0 Å². The van der Waals surface area contributed by atoms with Crippen molar-refractivity contribution >= 4 is 45.0 Å². The van der Waals surface area contributed by atoms with E-state index in [-0.39, 0.29) is 24.2 Å². The Kier molecular flexibility index (Phi) is 5.39. The third-order valence-corrected chi connectivity index (χ3v) is 5.69. The van der Waals surface area contributed by atoms with Gasteiger partial charge in [-0.05, 0) is 64.0 Å². The van der Waals surface area contributed by atoms with E-state index in [1.54, 1.807) is 48.5 Å². The highest BCUT2D eigenvalue weighted by molar-refractivity contribution is 9.10. The first kappa shape index (κ1) is 19.6. The zero-order valence-corrected chi connectivity index (χ0v) is 17.4. The molecule has 0 aliphatic carbocycles. The Morgan fingerprint density at radius 2 is 1.83 bits per heavy atom. The van der Waals surface area contributed by atoms with Gasteiger partial charge in [0.1, 0.15) is 12.4 Å². The summed E-state index contributed by atoms with van der Waals surface area (Å²) in [5.74, 6) is -1.03. The van der Waals surface area contributed by atoms with Crippen molar-refractivity contribution in [2.24, 2.45) is 0 Å². The standard InChI is InChI=1S/C22H15BrClFN2O2/c23-18-4-2-1-3-16(18)22(29)27-12-20(28)26-19-10-7-14(24)11-17(19)21(27)13-5-8-15(25)9-6-13/h1-11,21H,12H2,(H,26,28). The lowest BCUT2D eigenvalue weighted by Gasteiger charge is -2.31. The molecule has 3 aromatic rings. The van der Waals surface area contributed by atoms with E-state index < -0.39 is 6.04 Å². The number of fused-ring (bicyclic) bond motifs is 1. The van der Waals surface area contributed by atoms with E-state index in [2.05, 4.69) is 21.2 Å². The van der Waals surface area contributed by atoms with Crippen molar-refractivity contribution in [3.8, 4) is 0 Å². The summed E-state index contributed by atoms with van der Waals surface area (Å²) < 4.78 is 14.2. The predicted octanol–water partition coefficient (Wildman–Crippen LogP) is 5.43. The van der Waals surface area contributed by atoms with Crippen LogP contribution in [0, 0.1) is 5.82 Å². The maximum absolute atomic E-state index is 13.6. The fraction of sp³-hybridized carbons (Fsp3) is 0.0909. The number of anilines is 1. The summed E-state index contributed by atoms with van der Waals surface area (Å²) in [6.07, 6.45) is 0. The number of amides is 2. The minimum Gasteiger partial charge on any atom is -0.324 e. The van der Waals surface area contributed by atoms with Gasteiger partial charge >= 0.3 is 0 Å². The minimum atomic E-state index is -0.622. The molecule has 0 aromatic heterocycles. The second-order valence-electron chi connectivity index (χ2n) is 6.65. The normalized spacial score (nSPS) is 16.0. The first-order valence-electron chi connectivity index (χ1n) is 8.84. The smallest absolute Gasteiger partial charge is 0.256 e. The zero-order valence-electron chi connectivity index (χ0n) is 15.0. The van der Waals surface area contributed by atoms with Crippen LogP contribution in [0.15, 0.2) is 71.2 Å². The summed E-state index contributed by atoms with van der Waals surface area (Å²) in [5.41, 5.74) is 2.33. The van der Waals surface area contributed by atoms with Crippen LogP contribution in [-0.4, -0.2) is 23.3 Å². The van der Waals surface area contributed by atoms with E-state index in [0.29, 0.717) is 31.9 Å². The lowest BCUT2D eigenvalue weighted by atomic mass is 9.95. The Labute approximate surface area is 180 Å². The van der Waals surface area contributed by atoms with Gasteiger partial charge in [0.15, 0.2) is 0 Å². The number of hydrogen-bond acceptors (Lipinski definition) is 2. The van der Waals surface area contributed by atoms with Gasteiger partial charge in [0.05, 0.1) is 11.6 Å². The average molecular weight is 474 g/mol. The molecule has 1 aliphatic rings. The third-order valence-electron chi connectivity index (χ3n) is 4.76. The van der Waals surface area contributed by atoms with Crippen LogP contribution < -0.4 is 5.32 Å². The van der Waals surface area contributed by atoms with Gasteiger partial charge in [-0.1, -0.05) is 35.9 Å². The molecule has 4 nitrogen and oxygen atoms in total. The lowest BCUT2D eigenvalue weighted by molar-refractivity contribution is -0.117. The molecule has 0 spiro atoms. The molecule has 7 heteroatoms. The van der Waals surface area contributed by atoms with Crippen LogP contribution in [-0.2, 0) is 4.79 Å². The van der Waals surface area contributed by atoms with Gasteiger partial charge in [0.2, 0.25) is 5.91 Å². The number of halogens is 3. The largest absolute Gasteiger partial charge is 0.324 e. The molecule has 1 N–H and O–H groups in total. The Balaban J connectivity index is 1.91. The van der Waals surface area contributed by atoms with Crippen LogP contribution in [0.25, 0.3) is 0 Å². The van der Waals surface area contributed by atoms with Crippen LogP contribution in [0.5, 0.6) is 0 Å². The van der Waals surface area contributed by atoms with Gasteiger partial charge < -0.3 is 10.2 Å². The first-order valence-corrected chi connectivity index (χ1v) is 10.0. The maximum atomic E-state index is 13.6. The maximum Gasteiger partial charge on any atom is 0.256 e. The van der Waals surface area contributed by atoms with Gasteiger partial charge in [-0.25, -0.2) is 4.39 Å². The molecule has 3 aromatic carbocycles. The number of nitrogens with one attached hydrogen (secondary N) is 1. The van der Waals surface area contributed by atoms with Crippen LogP contribution in [0.3, 0.4) is 0 Å². The van der Waals surface area contributed by atoms with E-state index in [9.17, 15) is 14.0 Å². The minimum absolute atomic E-state index is 0.158. The fourth-order valence-corrected chi connectivity index (χ4v) is 4.10. The molecule has 0 bridgehead atoms. The predicted molar refractivity (Wildman–Crippen MR) is 114 cm³/mol. The summed E-state index contributed by atoms with van der Waals surface area (Å²) in [6, 6.07) is 17.4. The van der Waals surface area contributed by atoms with E-state index in [4.69, 9.17) is 11.6 Å². The number of nitrogens with zero attached hydrogens (tertiary/aromatic N) is 1. The molecule has 0 fully saturated rings. The highest BCUT2D eigenvalue weighted by Gasteiger charge is 2.34. The molecule has 146 valence electrons. The zero-order chi connectivity index (χ0) is 20.5. The van der Waals surface area contributed by atoms with Crippen molar-refractivity contribution in [1.82, 2.24) is 4.90 Å². The van der Waals surface area contributed by atoms with Crippen molar-refractivity contribution in [2.75, 3.05) is 11.9 Å². The molecule has 0 radical (unpaired) electrons. The monoisotopic (exact) mass is 472 g/mol. The number of carbonyl (C=O) groups is 2. The molecule has 1 unspecified atom stereocenters. The molecule has 4 rings (SSSR count). The molecule has 1 atom stereocenters. The fourth-order valence-electron chi connectivity index (χ4n) is 3.46. The SMILES string of the molecule is O=C1CN(C(=O)c2ccccc2Br)C(c2ccc(F)cc2)c2cc(Cl)ccc2N1. The summed E-state index contributed by atoms with van der Waals surface area (Å²) in [4.78, 5) is 27.5. The van der Waals surface area contributed by atoms with E-state index in [1.807, 2.05) is 6.07 Å². The van der Waals surface area contributed by atoms with E-state index in [0.717, 1.165) is 0 Å². The van der Waals surface area contributed by atoms with Crippen molar-refractivity contribution < 1.29 is 14.0 Å². The Morgan fingerprint density at radius 1 is 1.10 bits per heavy atom. The van der Waals surface area contributed by atoms with Crippen molar-refractivity contribution in [3.05, 3.63) is 98.7 Å². The molecule has 0 saturated carbocycles. The first-order chi connectivity index (χ1) is 13.9. The summed E-state index contributed by atoms with van der Waals surface area (Å²) in [6.45, 7) is -0.158. The summed E-state index contributed by atoms with van der Waals surface area (Å²) in [5, 5.41) is 3.31. The number of carbonyl (C=O) groups excluding carboxylic acids is 2. The van der Waals surface area contributed by atoms with Crippen molar-refractivity contribution in [2.45, 2.75) is 6.04 Å². The quantitative estimate of drug-likeness (QED) is 0.540. The van der Waals surface area contributed by atoms with Crippen LogP contribution >= 0.6 is 27.5 Å². The second-order valence-corrected chi connectivity index (χ2v) is 7.94. The third kappa shape index (κ3) is 3.91. The molecule has 1 aliphatic heterocycles. The topological polar surface area (TPSA) is 49.4 Å². The molecule has 2 amide bonds. The van der Waals surface area contributed by atoms with Crippen molar-refractivity contribution in [1.29, 1.82) is 0 Å². The molecule has 29 heavy (non-hydrogen) atoms. The molecule has 1 heterocycles. The second kappa shape index (κ2) is 7.97. The van der Waals surface area contributed by atoms with Crippen LogP contribution in [0.1, 0.15) is 27.5 Å². The molecular weight excluding hydrogens is 459 g/mol. The van der Waals surface area contributed by atoms with Gasteiger partial charge in [-0.15, -0.1) is 0 Å². The van der Waals surface area contributed by atoms with Crippen LogP contribution in [0.4, 0.5) is 10.1 Å². The summed E-state index contributed by atoms with van der Waals surface area (Å²) in [7, 11) is 0. The van der Waals surface area contributed by atoms with Gasteiger partial charge in [0, 0.05) is 20.7 Å². The Hall–Kier alpha value is -2.70. The van der Waals surface area contributed by atoms with E-state index >= 15 is 0 Å². The van der Waals surface area contributed by atoms with Crippen LogP contribution in [0.2, 0.25) is 5.02 Å².